The first-order valence-electron chi connectivity index (χ1n) is 6.68. The molecule has 112 valence electrons. The Labute approximate surface area is 128 Å². The molecule has 0 saturated heterocycles. The van der Waals surface area contributed by atoms with Gasteiger partial charge in [-0.25, -0.2) is 4.39 Å². The van der Waals surface area contributed by atoms with Crippen LogP contribution in [0.3, 0.4) is 0 Å². The van der Waals surface area contributed by atoms with E-state index in [0.717, 1.165) is 28.4 Å². The van der Waals surface area contributed by atoms with Crippen LogP contribution in [0.4, 0.5) is 4.39 Å². The number of benzene rings is 2. The lowest BCUT2D eigenvalue weighted by atomic mass is 10.1. The van der Waals surface area contributed by atoms with Crippen LogP contribution in [0.25, 0.3) is 0 Å². The lowest BCUT2D eigenvalue weighted by molar-refractivity contribution is 0.414. The molecular weight excluding hydrogens is 287 g/mol. The van der Waals surface area contributed by atoms with Crippen LogP contribution in [0.5, 0.6) is 5.75 Å². The minimum absolute atomic E-state index is 0.132. The molecule has 2 aromatic rings. The molecule has 5 heteroatoms. The zero-order valence-corrected chi connectivity index (χ0v) is 12.7. The molecule has 0 heterocycles. The number of halogens is 1. The molecule has 0 radical (unpaired) electrons. The van der Waals surface area contributed by atoms with Gasteiger partial charge in [-0.15, -0.1) is 11.8 Å². The van der Waals surface area contributed by atoms with Crippen LogP contribution in [0, 0.1) is 5.82 Å². The van der Waals surface area contributed by atoms with Gasteiger partial charge in [-0.3, -0.25) is 11.3 Å². The van der Waals surface area contributed by atoms with E-state index in [0.29, 0.717) is 0 Å². The van der Waals surface area contributed by atoms with E-state index in [9.17, 15) is 4.39 Å². The van der Waals surface area contributed by atoms with Crippen molar-refractivity contribution in [2.24, 2.45) is 5.84 Å². The van der Waals surface area contributed by atoms with Crippen molar-refractivity contribution in [2.75, 3.05) is 12.9 Å². The summed E-state index contributed by atoms with van der Waals surface area (Å²) >= 11 is 1.65. The van der Waals surface area contributed by atoms with Crippen LogP contribution in [0.2, 0.25) is 0 Å². The second-order valence-corrected chi connectivity index (χ2v) is 5.78. The second kappa shape index (κ2) is 8.02. The summed E-state index contributed by atoms with van der Waals surface area (Å²) in [6.45, 7) is 0. The van der Waals surface area contributed by atoms with Gasteiger partial charge in [-0.05, 0) is 48.4 Å². The van der Waals surface area contributed by atoms with Gasteiger partial charge in [0, 0.05) is 16.7 Å². The molecule has 0 bridgehead atoms. The molecule has 0 aliphatic heterocycles. The predicted octanol–water partition coefficient (Wildman–Crippen LogP) is 3.00. The second-order valence-electron chi connectivity index (χ2n) is 4.68. The molecule has 1 atom stereocenters. The van der Waals surface area contributed by atoms with Gasteiger partial charge >= 0.3 is 0 Å². The molecule has 21 heavy (non-hydrogen) atoms. The van der Waals surface area contributed by atoms with Crippen molar-refractivity contribution in [3.05, 3.63) is 59.9 Å². The zero-order chi connectivity index (χ0) is 15.1. The molecule has 0 spiro atoms. The summed E-state index contributed by atoms with van der Waals surface area (Å²) in [6, 6.07) is 14.6. The Morgan fingerprint density at radius 2 is 2.00 bits per heavy atom. The van der Waals surface area contributed by atoms with E-state index < -0.39 is 0 Å². The SMILES string of the molecule is COc1cccc(CC(CSc2ccc(F)cc2)NN)c1. The zero-order valence-electron chi connectivity index (χ0n) is 11.9. The van der Waals surface area contributed by atoms with Gasteiger partial charge in [-0.2, -0.15) is 0 Å². The first-order chi connectivity index (χ1) is 10.2. The van der Waals surface area contributed by atoms with Crippen molar-refractivity contribution in [1.82, 2.24) is 5.43 Å². The normalized spacial score (nSPS) is 12.1. The third-order valence-corrected chi connectivity index (χ3v) is 4.29. The maximum Gasteiger partial charge on any atom is 0.123 e. The van der Waals surface area contributed by atoms with E-state index in [1.807, 2.05) is 18.2 Å². The first kappa shape index (κ1) is 15.8. The average molecular weight is 306 g/mol. The highest BCUT2D eigenvalue weighted by molar-refractivity contribution is 7.99. The number of hydrogen-bond acceptors (Lipinski definition) is 4. The number of hydrazine groups is 1. The standard InChI is InChI=1S/C16H19FN2OS/c1-20-15-4-2-3-12(10-15)9-14(19-18)11-21-16-7-5-13(17)6-8-16/h2-8,10,14,19H,9,11,18H2,1H3. The smallest absolute Gasteiger partial charge is 0.123 e. The number of methoxy groups -OCH3 is 1. The van der Waals surface area contributed by atoms with E-state index >= 15 is 0 Å². The van der Waals surface area contributed by atoms with Gasteiger partial charge in [0.2, 0.25) is 0 Å². The molecule has 0 aromatic heterocycles. The monoisotopic (exact) mass is 306 g/mol. The van der Waals surface area contributed by atoms with E-state index in [2.05, 4.69) is 11.5 Å². The maximum absolute atomic E-state index is 12.9. The Bertz CT molecular complexity index is 562. The van der Waals surface area contributed by atoms with Gasteiger partial charge < -0.3 is 4.74 Å². The van der Waals surface area contributed by atoms with Gasteiger partial charge in [0.05, 0.1) is 7.11 Å². The molecule has 3 nitrogen and oxygen atoms in total. The highest BCUT2D eigenvalue weighted by atomic mass is 32.2. The third kappa shape index (κ3) is 5.04. The Balaban J connectivity index is 1.91. The van der Waals surface area contributed by atoms with Crippen molar-refractivity contribution in [3.63, 3.8) is 0 Å². The molecular formula is C16H19FN2OS. The predicted molar refractivity (Wildman–Crippen MR) is 84.9 cm³/mol. The molecule has 0 saturated carbocycles. The van der Waals surface area contributed by atoms with Gasteiger partial charge in [-0.1, -0.05) is 12.1 Å². The highest BCUT2D eigenvalue weighted by Crippen LogP contribution is 2.21. The Hall–Kier alpha value is -1.56. The Morgan fingerprint density at radius 3 is 2.67 bits per heavy atom. The first-order valence-corrected chi connectivity index (χ1v) is 7.67. The summed E-state index contributed by atoms with van der Waals surface area (Å²) in [5, 5.41) is 0. The quantitative estimate of drug-likeness (QED) is 0.469. The number of hydrogen-bond donors (Lipinski definition) is 2. The van der Waals surface area contributed by atoms with Crippen molar-refractivity contribution in [3.8, 4) is 5.75 Å². The van der Waals surface area contributed by atoms with Gasteiger partial charge in [0.1, 0.15) is 11.6 Å². The van der Waals surface area contributed by atoms with E-state index in [4.69, 9.17) is 10.6 Å². The summed E-state index contributed by atoms with van der Waals surface area (Å²) in [7, 11) is 1.65. The van der Waals surface area contributed by atoms with Crippen LogP contribution in [-0.4, -0.2) is 18.9 Å². The largest absolute Gasteiger partial charge is 0.497 e. The van der Waals surface area contributed by atoms with E-state index in [1.165, 1.54) is 12.1 Å². The van der Waals surface area contributed by atoms with Crippen molar-refractivity contribution in [1.29, 1.82) is 0 Å². The van der Waals surface area contributed by atoms with Crippen molar-refractivity contribution >= 4 is 11.8 Å². The van der Waals surface area contributed by atoms with Crippen LogP contribution in [0.15, 0.2) is 53.4 Å². The lowest BCUT2D eigenvalue weighted by Gasteiger charge is -2.16. The summed E-state index contributed by atoms with van der Waals surface area (Å²) in [5.74, 6) is 7.05. The fourth-order valence-corrected chi connectivity index (χ4v) is 2.91. The number of nitrogens with one attached hydrogen (secondary N) is 1. The minimum Gasteiger partial charge on any atom is -0.497 e. The fourth-order valence-electron chi connectivity index (χ4n) is 1.98. The number of nitrogens with two attached hydrogens (primary N) is 1. The molecule has 1 unspecified atom stereocenters. The molecule has 2 rings (SSSR count). The van der Waals surface area contributed by atoms with Crippen LogP contribution < -0.4 is 16.0 Å². The average Bonchev–Trinajstić information content (AvgIpc) is 2.53. The van der Waals surface area contributed by atoms with Gasteiger partial charge in [0.25, 0.3) is 0 Å². The third-order valence-electron chi connectivity index (χ3n) is 3.12. The van der Waals surface area contributed by atoms with Crippen LogP contribution in [0.1, 0.15) is 5.56 Å². The van der Waals surface area contributed by atoms with Crippen LogP contribution >= 0.6 is 11.8 Å². The summed E-state index contributed by atoms with van der Waals surface area (Å²) < 4.78 is 18.1. The molecule has 0 aliphatic rings. The molecule has 0 fully saturated rings. The highest BCUT2D eigenvalue weighted by Gasteiger charge is 2.09. The molecule has 3 N–H and O–H groups in total. The van der Waals surface area contributed by atoms with Crippen molar-refractivity contribution < 1.29 is 9.13 Å². The van der Waals surface area contributed by atoms with E-state index in [-0.39, 0.29) is 11.9 Å². The van der Waals surface area contributed by atoms with Crippen molar-refractivity contribution in [2.45, 2.75) is 17.4 Å². The lowest BCUT2D eigenvalue weighted by Crippen LogP contribution is -2.38. The maximum atomic E-state index is 12.9. The summed E-state index contributed by atoms with van der Waals surface area (Å²) in [6.07, 6.45) is 0.807. The number of rotatable bonds is 7. The Kier molecular flexibility index (Phi) is 6.04. The summed E-state index contributed by atoms with van der Waals surface area (Å²) in [4.78, 5) is 1.03. The fraction of sp³-hybridized carbons (Fsp3) is 0.250. The Morgan fingerprint density at radius 1 is 1.24 bits per heavy atom. The number of ether oxygens (including phenoxy) is 1. The topological polar surface area (TPSA) is 47.3 Å². The van der Waals surface area contributed by atoms with E-state index in [1.54, 1.807) is 31.0 Å². The molecule has 0 amide bonds. The van der Waals surface area contributed by atoms with Crippen LogP contribution in [-0.2, 0) is 6.42 Å². The minimum atomic E-state index is -0.218. The number of thioether (sulfide) groups is 1. The van der Waals surface area contributed by atoms with Gasteiger partial charge in [0.15, 0.2) is 0 Å². The molecule has 2 aromatic carbocycles. The molecule has 0 aliphatic carbocycles. The summed E-state index contributed by atoms with van der Waals surface area (Å²) in [5.41, 5.74) is 4.00.